The summed E-state index contributed by atoms with van der Waals surface area (Å²) < 4.78 is 11.4. The van der Waals surface area contributed by atoms with Gasteiger partial charge in [0.1, 0.15) is 5.75 Å². The highest BCUT2D eigenvalue weighted by atomic mass is 32.2. The van der Waals surface area contributed by atoms with Crippen molar-refractivity contribution in [2.45, 2.75) is 17.4 Å². The van der Waals surface area contributed by atoms with E-state index in [0.29, 0.717) is 17.7 Å². The third-order valence-electron chi connectivity index (χ3n) is 4.81. The van der Waals surface area contributed by atoms with E-state index in [9.17, 15) is 0 Å². The van der Waals surface area contributed by atoms with Crippen molar-refractivity contribution in [3.8, 4) is 28.3 Å². The maximum Gasteiger partial charge on any atom is 0.277 e. The second kappa shape index (κ2) is 7.17. The summed E-state index contributed by atoms with van der Waals surface area (Å²) in [5, 5.41) is 9.24. The molecule has 0 amide bonds. The second-order valence-electron chi connectivity index (χ2n) is 6.50. The molecule has 0 bridgehead atoms. The van der Waals surface area contributed by atoms with Gasteiger partial charge in [-0.25, -0.2) is 0 Å². The fourth-order valence-corrected chi connectivity index (χ4v) is 4.65. The molecule has 0 spiro atoms. The van der Waals surface area contributed by atoms with Crippen LogP contribution in [0.2, 0.25) is 0 Å². The lowest BCUT2D eigenvalue weighted by Crippen LogP contribution is -1.91. The SMILES string of the molecule is CCOc1ccc(-c2nnc(SC3c4ccccc4-c4ccccc43)o2)cc1. The van der Waals surface area contributed by atoms with Crippen LogP contribution in [-0.2, 0) is 0 Å². The van der Waals surface area contributed by atoms with Gasteiger partial charge in [-0.3, -0.25) is 0 Å². The van der Waals surface area contributed by atoms with Crippen molar-refractivity contribution < 1.29 is 9.15 Å². The maximum atomic E-state index is 5.96. The van der Waals surface area contributed by atoms with Gasteiger partial charge in [0.2, 0.25) is 5.89 Å². The topological polar surface area (TPSA) is 48.2 Å². The summed E-state index contributed by atoms with van der Waals surface area (Å²) in [5.41, 5.74) is 6.02. The number of hydrogen-bond donors (Lipinski definition) is 0. The number of ether oxygens (including phenoxy) is 1. The summed E-state index contributed by atoms with van der Waals surface area (Å²) in [6.07, 6.45) is 0. The minimum atomic E-state index is 0.154. The molecule has 4 nitrogen and oxygen atoms in total. The lowest BCUT2D eigenvalue weighted by molar-refractivity contribution is 0.340. The van der Waals surface area contributed by atoms with Crippen molar-refractivity contribution in [2.24, 2.45) is 0 Å². The van der Waals surface area contributed by atoms with Gasteiger partial charge in [-0.05, 0) is 53.4 Å². The summed E-state index contributed by atoms with van der Waals surface area (Å²) in [5.74, 6) is 1.35. The second-order valence-corrected chi connectivity index (χ2v) is 7.56. The van der Waals surface area contributed by atoms with Crippen molar-refractivity contribution >= 4 is 11.8 Å². The molecule has 1 heterocycles. The standard InChI is InChI=1S/C23H18N2O2S/c1-2-26-16-13-11-15(12-14-16)22-24-25-23(27-22)28-21-19-9-5-3-7-17(19)18-8-4-6-10-20(18)21/h3-14,21H,2H2,1H3. The first-order valence-corrected chi connectivity index (χ1v) is 10.1. The lowest BCUT2D eigenvalue weighted by atomic mass is 10.1. The highest BCUT2D eigenvalue weighted by molar-refractivity contribution is 7.99. The molecule has 0 N–H and O–H groups in total. The van der Waals surface area contributed by atoms with Crippen molar-refractivity contribution in [3.63, 3.8) is 0 Å². The summed E-state index contributed by atoms with van der Waals surface area (Å²) in [6, 6.07) is 24.7. The van der Waals surface area contributed by atoms with E-state index in [-0.39, 0.29) is 5.25 Å². The normalized spacial score (nSPS) is 12.6. The Balaban J connectivity index is 1.43. The predicted molar refractivity (Wildman–Crippen MR) is 110 cm³/mol. The van der Waals surface area contributed by atoms with E-state index in [1.165, 1.54) is 22.3 Å². The molecule has 0 aliphatic heterocycles. The minimum Gasteiger partial charge on any atom is -0.494 e. The Bertz CT molecular complexity index is 1080. The van der Waals surface area contributed by atoms with Gasteiger partial charge in [-0.2, -0.15) is 0 Å². The van der Waals surface area contributed by atoms with Gasteiger partial charge in [0.05, 0.1) is 11.9 Å². The van der Waals surface area contributed by atoms with E-state index >= 15 is 0 Å². The van der Waals surface area contributed by atoms with Crippen molar-refractivity contribution in [1.29, 1.82) is 0 Å². The van der Waals surface area contributed by atoms with Crippen LogP contribution in [0.5, 0.6) is 5.75 Å². The van der Waals surface area contributed by atoms with Crippen molar-refractivity contribution in [3.05, 3.63) is 83.9 Å². The number of benzene rings is 3. The summed E-state index contributed by atoms with van der Waals surface area (Å²) in [6.45, 7) is 2.61. The van der Waals surface area contributed by atoms with Gasteiger partial charge < -0.3 is 9.15 Å². The lowest BCUT2D eigenvalue weighted by Gasteiger charge is -2.10. The van der Waals surface area contributed by atoms with Crippen LogP contribution in [0.15, 0.2) is 82.4 Å². The van der Waals surface area contributed by atoms with E-state index in [4.69, 9.17) is 9.15 Å². The number of aromatic nitrogens is 2. The molecule has 1 aliphatic rings. The van der Waals surface area contributed by atoms with Gasteiger partial charge in [0.25, 0.3) is 5.22 Å². The van der Waals surface area contributed by atoms with Crippen LogP contribution in [-0.4, -0.2) is 16.8 Å². The van der Waals surface area contributed by atoms with Gasteiger partial charge >= 0.3 is 0 Å². The molecule has 0 saturated carbocycles. The fraction of sp³-hybridized carbons (Fsp3) is 0.130. The number of thioether (sulfide) groups is 1. The average Bonchev–Trinajstić information content (AvgIpc) is 3.33. The van der Waals surface area contributed by atoms with Crippen LogP contribution < -0.4 is 4.74 Å². The van der Waals surface area contributed by atoms with E-state index in [1.807, 2.05) is 31.2 Å². The molecular weight excluding hydrogens is 368 g/mol. The number of hydrogen-bond acceptors (Lipinski definition) is 5. The van der Waals surface area contributed by atoms with Crippen molar-refractivity contribution in [2.75, 3.05) is 6.61 Å². The number of rotatable bonds is 5. The summed E-state index contributed by atoms with van der Waals surface area (Å²) in [4.78, 5) is 0. The fourth-order valence-electron chi connectivity index (χ4n) is 3.57. The Morgan fingerprint density at radius 3 is 2.14 bits per heavy atom. The van der Waals surface area contributed by atoms with Crippen LogP contribution >= 0.6 is 11.8 Å². The first-order chi connectivity index (χ1) is 13.8. The van der Waals surface area contributed by atoms with E-state index < -0.39 is 0 Å². The molecule has 1 aliphatic carbocycles. The Morgan fingerprint density at radius 1 is 0.857 bits per heavy atom. The van der Waals surface area contributed by atoms with E-state index in [1.54, 1.807) is 11.8 Å². The maximum absolute atomic E-state index is 5.96. The zero-order valence-electron chi connectivity index (χ0n) is 15.3. The molecule has 0 atom stereocenters. The van der Waals surface area contributed by atoms with Crippen LogP contribution in [0.4, 0.5) is 0 Å². The van der Waals surface area contributed by atoms with Gasteiger partial charge in [-0.1, -0.05) is 60.3 Å². The Morgan fingerprint density at radius 2 is 1.50 bits per heavy atom. The molecule has 5 heteroatoms. The number of nitrogens with zero attached hydrogens (tertiary/aromatic N) is 2. The van der Waals surface area contributed by atoms with Crippen LogP contribution in [0.1, 0.15) is 23.3 Å². The molecule has 0 radical (unpaired) electrons. The first-order valence-electron chi connectivity index (χ1n) is 9.25. The third kappa shape index (κ3) is 2.98. The quantitative estimate of drug-likeness (QED) is 0.421. The zero-order valence-corrected chi connectivity index (χ0v) is 16.1. The Kier molecular flexibility index (Phi) is 4.37. The third-order valence-corrected chi connectivity index (χ3v) is 5.92. The van der Waals surface area contributed by atoms with Gasteiger partial charge in [0, 0.05) is 5.56 Å². The molecule has 28 heavy (non-hydrogen) atoms. The highest BCUT2D eigenvalue weighted by Gasteiger charge is 2.30. The minimum absolute atomic E-state index is 0.154. The first kappa shape index (κ1) is 17.1. The monoisotopic (exact) mass is 386 g/mol. The van der Waals surface area contributed by atoms with Crippen LogP contribution in [0.3, 0.4) is 0 Å². The molecule has 4 aromatic rings. The number of fused-ring (bicyclic) bond motifs is 3. The van der Waals surface area contributed by atoms with Gasteiger partial charge in [0.15, 0.2) is 0 Å². The molecule has 0 fully saturated rings. The zero-order chi connectivity index (χ0) is 18.9. The molecule has 138 valence electrons. The summed E-state index contributed by atoms with van der Waals surface area (Å²) in [7, 11) is 0. The Labute approximate surface area is 167 Å². The van der Waals surface area contributed by atoms with Gasteiger partial charge in [-0.15, -0.1) is 10.2 Å². The highest BCUT2D eigenvalue weighted by Crippen LogP contribution is 2.51. The summed E-state index contributed by atoms with van der Waals surface area (Å²) >= 11 is 1.60. The predicted octanol–water partition coefficient (Wildman–Crippen LogP) is 6.00. The van der Waals surface area contributed by atoms with E-state index in [0.717, 1.165) is 11.3 Å². The van der Waals surface area contributed by atoms with Crippen molar-refractivity contribution in [1.82, 2.24) is 10.2 Å². The largest absolute Gasteiger partial charge is 0.494 e. The average molecular weight is 386 g/mol. The molecular formula is C23H18N2O2S. The smallest absolute Gasteiger partial charge is 0.277 e. The Hall–Kier alpha value is -3.05. The molecule has 3 aromatic carbocycles. The van der Waals surface area contributed by atoms with E-state index in [2.05, 4.69) is 58.7 Å². The molecule has 0 saturated heterocycles. The van der Waals surface area contributed by atoms with Crippen LogP contribution in [0.25, 0.3) is 22.6 Å². The molecule has 1 aromatic heterocycles. The van der Waals surface area contributed by atoms with Crippen LogP contribution in [0, 0.1) is 0 Å². The molecule has 5 rings (SSSR count). The molecule has 0 unspecified atom stereocenters.